The van der Waals surface area contributed by atoms with Crippen LogP contribution in [0.4, 0.5) is 13.6 Å². The lowest BCUT2D eigenvalue weighted by Crippen LogP contribution is -2.46. The standard InChI is InChI=1S/C18H22F2N2O4/c19-14-6-3-11(7-15(14)20)16-8-13(23)9-22(16)18(26)21-12-4-1-10(2-5-12)17(24)25/h3,6-7,10,12-13,16,23H,1-2,4-5,8-9H2,(H,21,26)(H,24,25). The molecule has 1 aliphatic carbocycles. The number of urea groups is 1. The first-order valence-electron chi connectivity index (χ1n) is 8.78. The number of hydrogen-bond acceptors (Lipinski definition) is 3. The Morgan fingerprint density at radius 3 is 2.42 bits per heavy atom. The summed E-state index contributed by atoms with van der Waals surface area (Å²) < 4.78 is 26.7. The number of rotatable bonds is 3. The number of hydrogen-bond donors (Lipinski definition) is 3. The van der Waals surface area contributed by atoms with Crippen molar-refractivity contribution in [3.63, 3.8) is 0 Å². The van der Waals surface area contributed by atoms with Gasteiger partial charge in [0.05, 0.1) is 18.1 Å². The van der Waals surface area contributed by atoms with Crippen LogP contribution in [0.2, 0.25) is 0 Å². The molecule has 1 saturated carbocycles. The molecule has 1 aromatic rings. The number of halogens is 2. The zero-order chi connectivity index (χ0) is 18.8. The van der Waals surface area contributed by atoms with Crippen molar-refractivity contribution in [2.24, 2.45) is 5.92 Å². The van der Waals surface area contributed by atoms with E-state index in [-0.39, 0.29) is 31.0 Å². The van der Waals surface area contributed by atoms with Crippen LogP contribution in [-0.2, 0) is 4.79 Å². The molecule has 0 radical (unpaired) electrons. The van der Waals surface area contributed by atoms with Gasteiger partial charge in [0.15, 0.2) is 11.6 Å². The molecule has 2 atom stereocenters. The van der Waals surface area contributed by atoms with Gasteiger partial charge in [-0.25, -0.2) is 13.6 Å². The van der Waals surface area contributed by atoms with E-state index in [0.29, 0.717) is 31.2 Å². The van der Waals surface area contributed by atoms with Gasteiger partial charge >= 0.3 is 12.0 Å². The molecule has 2 amide bonds. The predicted molar refractivity (Wildman–Crippen MR) is 88.3 cm³/mol. The van der Waals surface area contributed by atoms with Crippen molar-refractivity contribution in [3.05, 3.63) is 35.4 Å². The van der Waals surface area contributed by atoms with Crippen LogP contribution in [0, 0.1) is 17.6 Å². The Bertz CT molecular complexity index is 692. The molecular formula is C18H22F2N2O4. The third-order valence-electron chi connectivity index (χ3n) is 5.27. The minimum absolute atomic E-state index is 0.111. The van der Waals surface area contributed by atoms with Gasteiger partial charge in [0.25, 0.3) is 0 Å². The number of benzene rings is 1. The van der Waals surface area contributed by atoms with Gasteiger partial charge in [-0.3, -0.25) is 4.79 Å². The van der Waals surface area contributed by atoms with Gasteiger partial charge in [0.2, 0.25) is 0 Å². The Balaban J connectivity index is 1.65. The lowest BCUT2D eigenvalue weighted by Gasteiger charge is -2.31. The van der Waals surface area contributed by atoms with Gasteiger partial charge in [0, 0.05) is 12.6 Å². The fraction of sp³-hybridized carbons (Fsp3) is 0.556. The van der Waals surface area contributed by atoms with Gasteiger partial charge in [-0.15, -0.1) is 0 Å². The number of amides is 2. The van der Waals surface area contributed by atoms with Crippen LogP contribution in [-0.4, -0.2) is 45.8 Å². The van der Waals surface area contributed by atoms with E-state index >= 15 is 0 Å². The Morgan fingerprint density at radius 2 is 1.81 bits per heavy atom. The van der Waals surface area contributed by atoms with Crippen LogP contribution in [0.1, 0.15) is 43.7 Å². The highest BCUT2D eigenvalue weighted by molar-refractivity contribution is 5.76. The van der Waals surface area contributed by atoms with Crippen molar-refractivity contribution < 1.29 is 28.6 Å². The topological polar surface area (TPSA) is 89.9 Å². The summed E-state index contributed by atoms with van der Waals surface area (Å²) in [4.78, 5) is 25.1. The molecule has 1 saturated heterocycles. The summed E-state index contributed by atoms with van der Waals surface area (Å²) in [6.45, 7) is 0.111. The fourth-order valence-electron chi connectivity index (χ4n) is 3.82. The number of carboxylic acid groups (broad SMARTS) is 1. The van der Waals surface area contributed by atoms with E-state index < -0.39 is 29.7 Å². The maximum absolute atomic E-state index is 13.5. The number of carbonyl (C=O) groups is 2. The quantitative estimate of drug-likeness (QED) is 0.764. The van der Waals surface area contributed by atoms with Crippen molar-refractivity contribution in [2.45, 2.75) is 50.3 Å². The molecule has 1 aliphatic heterocycles. The van der Waals surface area contributed by atoms with Crippen LogP contribution in [0.5, 0.6) is 0 Å². The molecule has 1 aromatic carbocycles. The molecule has 6 nitrogen and oxygen atoms in total. The Morgan fingerprint density at radius 1 is 1.12 bits per heavy atom. The van der Waals surface area contributed by atoms with E-state index in [9.17, 15) is 23.5 Å². The number of carboxylic acids is 1. The number of nitrogens with zero attached hydrogens (tertiary/aromatic N) is 1. The fourth-order valence-corrected chi connectivity index (χ4v) is 3.82. The van der Waals surface area contributed by atoms with Crippen molar-refractivity contribution >= 4 is 12.0 Å². The Kier molecular flexibility index (Phi) is 5.41. The van der Waals surface area contributed by atoms with Crippen LogP contribution >= 0.6 is 0 Å². The van der Waals surface area contributed by atoms with Gasteiger partial charge in [-0.1, -0.05) is 6.07 Å². The molecule has 1 heterocycles. The molecule has 8 heteroatoms. The van der Waals surface area contributed by atoms with Crippen LogP contribution in [0.15, 0.2) is 18.2 Å². The van der Waals surface area contributed by atoms with Crippen molar-refractivity contribution in [3.8, 4) is 0 Å². The molecule has 2 aliphatic rings. The summed E-state index contributed by atoms with van der Waals surface area (Å²) in [5.74, 6) is -3.13. The largest absolute Gasteiger partial charge is 0.481 e. The first-order chi connectivity index (χ1) is 12.3. The average molecular weight is 368 g/mol. The SMILES string of the molecule is O=C(O)C1CCC(NC(=O)N2CC(O)CC2c2ccc(F)c(F)c2)CC1. The molecule has 0 aromatic heterocycles. The first-order valence-corrected chi connectivity index (χ1v) is 8.78. The second-order valence-electron chi connectivity index (χ2n) is 7.07. The van der Waals surface area contributed by atoms with Crippen LogP contribution < -0.4 is 5.32 Å². The van der Waals surface area contributed by atoms with E-state index in [2.05, 4.69) is 5.32 Å². The molecule has 0 bridgehead atoms. The Labute approximate surface area is 149 Å². The monoisotopic (exact) mass is 368 g/mol. The second kappa shape index (κ2) is 7.57. The highest BCUT2D eigenvalue weighted by Gasteiger charge is 2.37. The molecule has 2 fully saturated rings. The summed E-state index contributed by atoms with van der Waals surface area (Å²) in [6.07, 6.45) is 1.70. The van der Waals surface area contributed by atoms with E-state index in [1.807, 2.05) is 0 Å². The molecule has 26 heavy (non-hydrogen) atoms. The molecule has 2 unspecified atom stereocenters. The second-order valence-corrected chi connectivity index (χ2v) is 7.07. The van der Waals surface area contributed by atoms with E-state index in [1.54, 1.807) is 0 Å². The van der Waals surface area contributed by atoms with Crippen molar-refractivity contribution in [1.82, 2.24) is 10.2 Å². The maximum Gasteiger partial charge on any atom is 0.318 e. The van der Waals surface area contributed by atoms with E-state index in [0.717, 1.165) is 12.1 Å². The predicted octanol–water partition coefficient (Wildman–Crippen LogP) is 2.43. The van der Waals surface area contributed by atoms with Crippen molar-refractivity contribution in [2.75, 3.05) is 6.54 Å². The molecule has 142 valence electrons. The number of aliphatic carboxylic acids is 1. The summed E-state index contributed by atoms with van der Waals surface area (Å²) >= 11 is 0. The normalized spacial score (nSPS) is 28.8. The molecular weight excluding hydrogens is 346 g/mol. The zero-order valence-electron chi connectivity index (χ0n) is 14.2. The highest BCUT2D eigenvalue weighted by Crippen LogP contribution is 2.33. The maximum atomic E-state index is 13.5. The number of likely N-dealkylation sites (tertiary alicyclic amines) is 1. The van der Waals surface area contributed by atoms with Gasteiger partial charge in [-0.05, 0) is 49.8 Å². The summed E-state index contributed by atoms with van der Waals surface area (Å²) in [7, 11) is 0. The smallest absolute Gasteiger partial charge is 0.318 e. The average Bonchev–Trinajstić information content (AvgIpc) is 3.00. The molecule has 0 spiro atoms. The third kappa shape index (κ3) is 3.95. The van der Waals surface area contributed by atoms with Gasteiger partial charge in [0.1, 0.15) is 0 Å². The van der Waals surface area contributed by atoms with Crippen LogP contribution in [0.25, 0.3) is 0 Å². The lowest BCUT2D eigenvalue weighted by molar-refractivity contribution is -0.142. The molecule has 3 N–H and O–H groups in total. The van der Waals surface area contributed by atoms with Gasteiger partial charge in [-0.2, -0.15) is 0 Å². The number of carbonyl (C=O) groups excluding carboxylic acids is 1. The van der Waals surface area contributed by atoms with E-state index in [4.69, 9.17) is 5.11 Å². The number of aliphatic hydroxyl groups excluding tert-OH is 1. The number of aliphatic hydroxyl groups is 1. The highest BCUT2D eigenvalue weighted by atomic mass is 19.2. The summed E-state index contributed by atoms with van der Waals surface area (Å²) in [5, 5.41) is 21.9. The summed E-state index contributed by atoms with van der Waals surface area (Å²) in [5.41, 5.74) is 0.435. The van der Waals surface area contributed by atoms with Crippen LogP contribution in [0.3, 0.4) is 0 Å². The summed E-state index contributed by atoms with van der Waals surface area (Å²) in [6, 6.07) is 2.45. The number of nitrogens with one attached hydrogen (secondary N) is 1. The minimum atomic E-state index is -0.990. The Hall–Kier alpha value is -2.22. The zero-order valence-corrected chi connectivity index (χ0v) is 14.2. The molecule has 3 rings (SSSR count). The first kappa shape index (κ1) is 18.6. The van der Waals surface area contributed by atoms with Crippen molar-refractivity contribution in [1.29, 1.82) is 0 Å². The van der Waals surface area contributed by atoms with E-state index in [1.165, 1.54) is 11.0 Å². The van der Waals surface area contributed by atoms with Gasteiger partial charge < -0.3 is 20.4 Å². The lowest BCUT2D eigenvalue weighted by atomic mass is 9.86. The minimum Gasteiger partial charge on any atom is -0.481 e. The number of β-amino-alcohol motifs (C(OH)–C–C–N with tert-alkyl or cyclic N) is 1. The third-order valence-corrected chi connectivity index (χ3v) is 5.27.